The zero-order valence-corrected chi connectivity index (χ0v) is 38.2. The summed E-state index contributed by atoms with van der Waals surface area (Å²) in [7, 11) is 0. The normalized spacial score (nSPS) is 12.0. The van der Waals surface area contributed by atoms with Gasteiger partial charge in [-0.3, -0.25) is 0 Å². The average molecular weight is 900 g/mol. The second-order valence-corrected chi connectivity index (χ2v) is 18.4. The summed E-state index contributed by atoms with van der Waals surface area (Å²) >= 11 is 1.79. The Morgan fingerprint density at radius 2 is 1.00 bits per heavy atom. The van der Waals surface area contributed by atoms with Crippen LogP contribution >= 0.6 is 11.3 Å². The summed E-state index contributed by atoms with van der Waals surface area (Å²) in [5, 5.41) is 7.17. The Morgan fingerprint density at radius 1 is 0.406 bits per heavy atom. The van der Waals surface area contributed by atoms with Crippen LogP contribution in [-0.4, -0.2) is 24.1 Å². The van der Waals surface area contributed by atoms with Gasteiger partial charge in [-0.1, -0.05) is 165 Å². The standard InChI is InChI=1S/C63H41N5S/c1-3-18-40(4-2)42-21-15-23-44(35-42)61-64-62(45-24-16-22-43(36-45)41-19-7-5-8-20-41)66-63(65-61)50-29-17-32-59-60(50)53-37-47(33-34-58(53)69-59)68-55-31-14-12-28-49(55)52-38-51-48-27-11-13-30-54(48)67(56(51)39-57(52)68)46-25-9-6-10-26-46/h3-39H,1-2H2/b40-18+. The SMILES string of the molecule is C=C/C=C(\C=C)c1cccc(-c2nc(-c3cccc(-c4ccccc4)c3)nc(-c3cccc4sc5ccc(-n6c7ccccc7c7cc8c9ccccc9n(-c9ccccc9)c8cc76)cc5c34)n2)c1. The molecule has 0 atom stereocenters. The highest BCUT2D eigenvalue weighted by Crippen LogP contribution is 2.44. The summed E-state index contributed by atoms with van der Waals surface area (Å²) in [6.07, 6.45) is 5.60. The van der Waals surface area contributed by atoms with E-state index < -0.39 is 0 Å². The van der Waals surface area contributed by atoms with Crippen LogP contribution < -0.4 is 0 Å². The molecule has 0 spiro atoms. The Labute approximate surface area is 402 Å². The lowest BCUT2D eigenvalue weighted by Crippen LogP contribution is -2.01. The summed E-state index contributed by atoms with van der Waals surface area (Å²) in [5.74, 6) is 1.80. The highest BCUT2D eigenvalue weighted by atomic mass is 32.1. The summed E-state index contributed by atoms with van der Waals surface area (Å²) in [6, 6.07) is 73.6. The molecule has 0 radical (unpaired) electrons. The molecule has 0 saturated heterocycles. The number of nitrogens with zero attached hydrogens (tertiary/aromatic N) is 5. The Kier molecular flexibility index (Phi) is 9.59. The second-order valence-electron chi connectivity index (χ2n) is 17.3. The molecule has 0 fully saturated rings. The number of benzene rings is 9. The Bertz CT molecular complexity index is 4230. The fourth-order valence-electron chi connectivity index (χ4n) is 10.2. The van der Waals surface area contributed by atoms with Crippen molar-refractivity contribution in [3.05, 3.63) is 243 Å². The number of allylic oxidation sites excluding steroid dienone is 4. The molecule has 9 aromatic carbocycles. The van der Waals surface area contributed by atoms with Crippen LogP contribution in [0.2, 0.25) is 0 Å². The highest BCUT2D eigenvalue weighted by molar-refractivity contribution is 7.26. The third-order valence-electron chi connectivity index (χ3n) is 13.3. The van der Waals surface area contributed by atoms with Gasteiger partial charge in [0.05, 0.1) is 22.1 Å². The van der Waals surface area contributed by atoms with Gasteiger partial charge in [0, 0.05) is 69.8 Å². The van der Waals surface area contributed by atoms with E-state index in [9.17, 15) is 0 Å². The molecule has 4 aromatic heterocycles. The van der Waals surface area contributed by atoms with Gasteiger partial charge >= 0.3 is 0 Å². The van der Waals surface area contributed by atoms with Gasteiger partial charge in [-0.05, 0) is 95.1 Å². The largest absolute Gasteiger partial charge is 0.309 e. The molecular weight excluding hydrogens is 859 g/mol. The van der Waals surface area contributed by atoms with E-state index in [-0.39, 0.29) is 0 Å². The first-order chi connectivity index (χ1) is 34.1. The van der Waals surface area contributed by atoms with Gasteiger partial charge in [0.25, 0.3) is 0 Å². The van der Waals surface area contributed by atoms with E-state index in [1.807, 2.05) is 24.3 Å². The number of para-hydroxylation sites is 3. The molecule has 0 unspecified atom stereocenters. The zero-order valence-electron chi connectivity index (χ0n) is 37.4. The summed E-state index contributed by atoms with van der Waals surface area (Å²) in [6.45, 7) is 8.01. The Balaban J connectivity index is 1.04. The van der Waals surface area contributed by atoms with Crippen molar-refractivity contribution < 1.29 is 0 Å². The predicted molar refractivity (Wildman–Crippen MR) is 292 cm³/mol. The number of aromatic nitrogens is 5. The molecule has 5 nitrogen and oxygen atoms in total. The first-order valence-corrected chi connectivity index (χ1v) is 23.9. The minimum atomic E-state index is 0.589. The summed E-state index contributed by atoms with van der Waals surface area (Å²) < 4.78 is 7.19. The number of thiophene rings is 1. The van der Waals surface area contributed by atoms with Crippen molar-refractivity contribution in [1.29, 1.82) is 0 Å². The maximum absolute atomic E-state index is 5.34. The third-order valence-corrected chi connectivity index (χ3v) is 14.4. The number of fused-ring (bicyclic) bond motifs is 9. The van der Waals surface area contributed by atoms with E-state index in [2.05, 4.69) is 216 Å². The van der Waals surface area contributed by atoms with E-state index in [0.717, 1.165) is 76.8 Å². The third kappa shape index (κ3) is 6.72. The second kappa shape index (κ2) is 16.4. The van der Waals surface area contributed by atoms with Crippen molar-refractivity contribution in [3.63, 3.8) is 0 Å². The van der Waals surface area contributed by atoms with Gasteiger partial charge in [0.1, 0.15) is 0 Å². The molecular formula is C63H41N5S. The summed E-state index contributed by atoms with van der Waals surface area (Å²) in [4.78, 5) is 15.9. The van der Waals surface area contributed by atoms with Crippen LogP contribution in [0.15, 0.2) is 238 Å². The lowest BCUT2D eigenvalue weighted by molar-refractivity contribution is 1.08. The molecule has 0 amide bonds. The lowest BCUT2D eigenvalue weighted by atomic mass is 10.0. The molecule has 0 aliphatic carbocycles. The molecule has 0 aliphatic rings. The summed E-state index contributed by atoms with van der Waals surface area (Å²) in [5.41, 5.74) is 13.8. The van der Waals surface area contributed by atoms with Crippen molar-refractivity contribution in [1.82, 2.24) is 24.1 Å². The van der Waals surface area contributed by atoms with Gasteiger partial charge in [0.2, 0.25) is 0 Å². The minimum Gasteiger partial charge on any atom is -0.309 e. The van der Waals surface area contributed by atoms with E-state index >= 15 is 0 Å². The monoisotopic (exact) mass is 899 g/mol. The zero-order chi connectivity index (χ0) is 46.0. The number of hydrogen-bond donors (Lipinski definition) is 0. The van der Waals surface area contributed by atoms with Crippen LogP contribution in [0, 0.1) is 0 Å². The minimum absolute atomic E-state index is 0.589. The van der Waals surface area contributed by atoms with Crippen LogP contribution in [0.3, 0.4) is 0 Å². The van der Waals surface area contributed by atoms with E-state index in [1.165, 1.54) is 37.3 Å². The predicted octanol–water partition coefficient (Wildman–Crippen LogP) is 16.9. The topological polar surface area (TPSA) is 48.5 Å². The van der Waals surface area contributed by atoms with Crippen LogP contribution in [-0.2, 0) is 0 Å². The molecule has 0 bridgehead atoms. The Hall–Kier alpha value is -8.97. The van der Waals surface area contributed by atoms with Crippen molar-refractivity contribution in [2.75, 3.05) is 0 Å². The maximum atomic E-state index is 5.34. The molecule has 324 valence electrons. The van der Waals surface area contributed by atoms with E-state index in [4.69, 9.17) is 15.0 Å². The van der Waals surface area contributed by atoms with Gasteiger partial charge in [-0.15, -0.1) is 11.3 Å². The number of hydrogen-bond acceptors (Lipinski definition) is 4. The van der Waals surface area contributed by atoms with Crippen LogP contribution in [0.25, 0.3) is 126 Å². The highest BCUT2D eigenvalue weighted by Gasteiger charge is 2.21. The first-order valence-electron chi connectivity index (χ1n) is 23.1. The molecule has 13 aromatic rings. The van der Waals surface area contributed by atoms with Gasteiger partial charge in [0.15, 0.2) is 17.5 Å². The quantitative estimate of drug-likeness (QED) is 0.136. The van der Waals surface area contributed by atoms with Crippen LogP contribution in [0.5, 0.6) is 0 Å². The van der Waals surface area contributed by atoms with E-state index in [1.54, 1.807) is 17.4 Å². The van der Waals surface area contributed by atoms with Crippen LogP contribution in [0.1, 0.15) is 5.56 Å². The Morgan fingerprint density at radius 3 is 1.71 bits per heavy atom. The molecule has 0 aliphatic heterocycles. The smallest absolute Gasteiger partial charge is 0.164 e. The number of rotatable bonds is 9. The molecule has 0 N–H and O–H groups in total. The van der Waals surface area contributed by atoms with E-state index in [0.29, 0.717) is 17.5 Å². The fraction of sp³-hybridized carbons (Fsp3) is 0. The van der Waals surface area contributed by atoms with Crippen molar-refractivity contribution >= 4 is 80.7 Å². The molecule has 6 heteroatoms. The molecule has 69 heavy (non-hydrogen) atoms. The first kappa shape index (κ1) is 40.3. The fourth-order valence-corrected chi connectivity index (χ4v) is 11.3. The van der Waals surface area contributed by atoms with Crippen molar-refractivity contribution in [3.8, 4) is 56.7 Å². The van der Waals surface area contributed by atoms with Crippen LogP contribution in [0.4, 0.5) is 0 Å². The van der Waals surface area contributed by atoms with Gasteiger partial charge < -0.3 is 9.13 Å². The molecule has 13 rings (SSSR count). The molecule has 4 heterocycles. The maximum Gasteiger partial charge on any atom is 0.164 e. The van der Waals surface area contributed by atoms with Gasteiger partial charge in [-0.25, -0.2) is 15.0 Å². The molecule has 0 saturated carbocycles. The van der Waals surface area contributed by atoms with Crippen molar-refractivity contribution in [2.45, 2.75) is 0 Å². The van der Waals surface area contributed by atoms with Crippen molar-refractivity contribution in [2.24, 2.45) is 0 Å². The van der Waals surface area contributed by atoms with Gasteiger partial charge in [-0.2, -0.15) is 0 Å². The lowest BCUT2D eigenvalue weighted by Gasteiger charge is -2.12. The average Bonchev–Trinajstić information content (AvgIpc) is 4.07.